The molecule has 1 unspecified atom stereocenters. The van der Waals surface area contributed by atoms with Crippen molar-refractivity contribution in [1.29, 1.82) is 0 Å². The molecule has 2 N–H and O–H groups in total. The first-order valence-electron chi connectivity index (χ1n) is 7.47. The fourth-order valence-electron chi connectivity index (χ4n) is 2.06. The number of hydrogen-bond acceptors (Lipinski definition) is 3. The number of carbonyl (C=O) groups excluding carboxylic acids is 2. The molecular weight excluding hydrogens is 384 g/mol. The maximum atomic E-state index is 12.9. The van der Waals surface area contributed by atoms with Crippen molar-refractivity contribution >= 4 is 46.5 Å². The minimum Gasteiger partial charge on any atom is -0.324 e. The molecule has 0 radical (unpaired) electrons. The van der Waals surface area contributed by atoms with Crippen LogP contribution in [-0.2, 0) is 9.63 Å². The molecule has 1 atom stereocenters. The minimum absolute atomic E-state index is 0.287. The molecule has 26 heavy (non-hydrogen) atoms. The van der Waals surface area contributed by atoms with Crippen LogP contribution in [0.4, 0.5) is 20.6 Å². The summed E-state index contributed by atoms with van der Waals surface area (Å²) in [5, 5.41) is 6.63. The molecule has 0 fully saturated rings. The Morgan fingerprint density at radius 2 is 1.65 bits per heavy atom. The molecule has 0 bridgehead atoms. The van der Waals surface area contributed by atoms with Gasteiger partial charge in [-0.1, -0.05) is 23.2 Å². The summed E-state index contributed by atoms with van der Waals surface area (Å²) in [6.07, 6.45) is 0. The van der Waals surface area contributed by atoms with E-state index in [0.29, 0.717) is 16.4 Å². The number of nitrogens with one attached hydrogen (secondary N) is 2. The third kappa shape index (κ3) is 5.08. The number of halogens is 3. The van der Waals surface area contributed by atoms with E-state index in [0.717, 1.165) is 5.06 Å². The fourth-order valence-corrected chi connectivity index (χ4v) is 2.35. The standard InChI is InChI=1S/C17H16Cl2FN3O3/c1-10(16(24)21-13-7-8-14(18)15(19)9-13)23(26-2)17(25)22-12-5-3-11(20)4-6-12/h3-10H,1-2H3,(H,21,24)(H,22,25). The predicted molar refractivity (Wildman–Crippen MR) is 98.8 cm³/mol. The SMILES string of the molecule is CON(C(=O)Nc1ccc(F)cc1)C(C)C(=O)Nc1ccc(Cl)c(Cl)c1. The van der Waals surface area contributed by atoms with Crippen molar-refractivity contribution in [3.63, 3.8) is 0 Å². The van der Waals surface area contributed by atoms with Crippen molar-refractivity contribution in [2.45, 2.75) is 13.0 Å². The summed E-state index contributed by atoms with van der Waals surface area (Å²) >= 11 is 11.7. The number of hydrogen-bond donors (Lipinski definition) is 2. The van der Waals surface area contributed by atoms with Crippen LogP contribution in [0.2, 0.25) is 10.0 Å². The average molecular weight is 400 g/mol. The summed E-state index contributed by atoms with van der Waals surface area (Å²) in [7, 11) is 1.26. The van der Waals surface area contributed by atoms with Crippen LogP contribution in [0.25, 0.3) is 0 Å². The highest BCUT2D eigenvalue weighted by Gasteiger charge is 2.26. The normalized spacial score (nSPS) is 11.6. The van der Waals surface area contributed by atoms with E-state index in [1.165, 1.54) is 44.4 Å². The zero-order valence-corrected chi connectivity index (χ0v) is 15.4. The average Bonchev–Trinajstić information content (AvgIpc) is 2.60. The zero-order valence-electron chi connectivity index (χ0n) is 13.9. The Hall–Kier alpha value is -2.35. The van der Waals surface area contributed by atoms with E-state index < -0.39 is 23.8 Å². The van der Waals surface area contributed by atoms with Crippen molar-refractivity contribution in [3.05, 3.63) is 58.3 Å². The minimum atomic E-state index is -0.963. The van der Waals surface area contributed by atoms with Gasteiger partial charge in [-0.3, -0.25) is 9.63 Å². The van der Waals surface area contributed by atoms with Crippen LogP contribution in [0.1, 0.15) is 6.92 Å². The quantitative estimate of drug-likeness (QED) is 0.724. The van der Waals surface area contributed by atoms with Crippen LogP contribution in [0.3, 0.4) is 0 Å². The van der Waals surface area contributed by atoms with Gasteiger partial charge in [0.25, 0.3) is 0 Å². The van der Waals surface area contributed by atoms with Crippen LogP contribution in [-0.4, -0.2) is 30.2 Å². The lowest BCUT2D eigenvalue weighted by atomic mass is 10.2. The van der Waals surface area contributed by atoms with Crippen molar-refractivity contribution in [2.24, 2.45) is 0 Å². The zero-order chi connectivity index (χ0) is 19.3. The largest absolute Gasteiger partial charge is 0.346 e. The van der Waals surface area contributed by atoms with Crippen LogP contribution < -0.4 is 10.6 Å². The van der Waals surface area contributed by atoms with Gasteiger partial charge in [0.15, 0.2) is 0 Å². The number of hydroxylamine groups is 2. The smallest absolute Gasteiger partial charge is 0.324 e. The predicted octanol–water partition coefficient (Wildman–Crippen LogP) is 4.56. The van der Waals surface area contributed by atoms with E-state index in [1.807, 2.05) is 0 Å². The molecule has 9 heteroatoms. The first kappa shape index (κ1) is 20.0. The topological polar surface area (TPSA) is 70.7 Å². The Kier molecular flexibility index (Phi) is 6.79. The molecule has 0 saturated heterocycles. The third-order valence-corrected chi connectivity index (χ3v) is 4.15. The second-order valence-corrected chi connectivity index (χ2v) is 6.05. The molecule has 2 rings (SSSR count). The van der Waals surface area contributed by atoms with Gasteiger partial charge in [-0.25, -0.2) is 9.18 Å². The summed E-state index contributed by atoms with van der Waals surface area (Å²) < 4.78 is 12.9. The molecule has 2 aromatic carbocycles. The maximum Gasteiger partial charge on any atom is 0.346 e. The second-order valence-electron chi connectivity index (χ2n) is 5.24. The van der Waals surface area contributed by atoms with E-state index in [4.69, 9.17) is 28.0 Å². The maximum absolute atomic E-state index is 12.9. The van der Waals surface area contributed by atoms with Crippen molar-refractivity contribution < 1.29 is 18.8 Å². The van der Waals surface area contributed by atoms with Gasteiger partial charge in [0.05, 0.1) is 17.2 Å². The van der Waals surface area contributed by atoms with Crippen LogP contribution in [0, 0.1) is 5.82 Å². The summed E-state index contributed by atoms with van der Waals surface area (Å²) in [5.41, 5.74) is 0.779. The van der Waals surface area contributed by atoms with Gasteiger partial charge in [-0.2, -0.15) is 5.06 Å². The molecule has 0 spiro atoms. The summed E-state index contributed by atoms with van der Waals surface area (Å²) in [6.45, 7) is 1.49. The lowest BCUT2D eigenvalue weighted by molar-refractivity contribution is -0.141. The van der Waals surface area contributed by atoms with E-state index in [-0.39, 0.29) is 5.02 Å². The van der Waals surface area contributed by atoms with Crippen LogP contribution in [0.5, 0.6) is 0 Å². The summed E-state index contributed by atoms with van der Waals surface area (Å²) in [6, 6.07) is 8.15. The van der Waals surface area contributed by atoms with Gasteiger partial charge in [0, 0.05) is 11.4 Å². The molecule has 0 saturated carbocycles. The Morgan fingerprint density at radius 3 is 2.23 bits per heavy atom. The van der Waals surface area contributed by atoms with Gasteiger partial charge < -0.3 is 10.6 Å². The number of urea groups is 1. The van der Waals surface area contributed by atoms with Gasteiger partial charge in [-0.15, -0.1) is 0 Å². The lowest BCUT2D eigenvalue weighted by Gasteiger charge is -2.25. The van der Waals surface area contributed by atoms with Gasteiger partial charge in [0.1, 0.15) is 11.9 Å². The van der Waals surface area contributed by atoms with Gasteiger partial charge in [0.2, 0.25) is 5.91 Å². The first-order chi connectivity index (χ1) is 12.3. The molecule has 2 aromatic rings. The van der Waals surface area contributed by atoms with E-state index >= 15 is 0 Å². The molecule has 6 nitrogen and oxygen atoms in total. The molecule has 138 valence electrons. The van der Waals surface area contributed by atoms with E-state index in [9.17, 15) is 14.0 Å². The fraction of sp³-hybridized carbons (Fsp3) is 0.176. The van der Waals surface area contributed by atoms with Crippen molar-refractivity contribution in [1.82, 2.24) is 5.06 Å². The Balaban J connectivity index is 2.04. The van der Waals surface area contributed by atoms with Crippen LogP contribution >= 0.6 is 23.2 Å². The Morgan fingerprint density at radius 1 is 1.04 bits per heavy atom. The van der Waals surface area contributed by atoms with Crippen molar-refractivity contribution in [2.75, 3.05) is 17.7 Å². The molecule has 0 aromatic heterocycles. The monoisotopic (exact) mass is 399 g/mol. The first-order valence-corrected chi connectivity index (χ1v) is 8.23. The number of benzene rings is 2. The number of carbonyl (C=O) groups is 2. The molecule has 0 heterocycles. The van der Waals surface area contributed by atoms with E-state index in [1.54, 1.807) is 12.1 Å². The van der Waals surface area contributed by atoms with Gasteiger partial charge in [-0.05, 0) is 49.4 Å². The number of rotatable bonds is 5. The second kappa shape index (κ2) is 8.84. The van der Waals surface area contributed by atoms with E-state index in [2.05, 4.69) is 10.6 Å². The molecule has 0 aliphatic rings. The molecule has 0 aliphatic carbocycles. The lowest BCUT2D eigenvalue weighted by Crippen LogP contribution is -2.46. The number of anilines is 2. The Labute approximate surface area is 159 Å². The molecule has 3 amide bonds. The van der Waals surface area contributed by atoms with Crippen LogP contribution in [0.15, 0.2) is 42.5 Å². The summed E-state index contributed by atoms with van der Waals surface area (Å²) in [5.74, 6) is -0.930. The highest BCUT2D eigenvalue weighted by Crippen LogP contribution is 2.25. The highest BCUT2D eigenvalue weighted by atomic mass is 35.5. The highest BCUT2D eigenvalue weighted by molar-refractivity contribution is 6.42. The molecule has 0 aliphatic heterocycles. The van der Waals surface area contributed by atoms with Crippen molar-refractivity contribution in [3.8, 4) is 0 Å². The third-order valence-electron chi connectivity index (χ3n) is 3.41. The molecular formula is C17H16Cl2FN3O3. The number of amides is 3. The number of nitrogens with zero attached hydrogens (tertiary/aromatic N) is 1. The summed E-state index contributed by atoms with van der Waals surface area (Å²) in [4.78, 5) is 29.7. The Bertz CT molecular complexity index is 802. The van der Waals surface area contributed by atoms with Gasteiger partial charge >= 0.3 is 6.03 Å².